The summed E-state index contributed by atoms with van der Waals surface area (Å²) < 4.78 is 12.0. The quantitative estimate of drug-likeness (QED) is 0.566. The van der Waals surface area contributed by atoms with Crippen LogP contribution < -0.4 is 9.64 Å². The maximum absolute atomic E-state index is 5.34. The first-order chi connectivity index (χ1) is 15.7. The van der Waals surface area contributed by atoms with Crippen LogP contribution in [-0.2, 0) is 13.0 Å². The first-order valence-corrected chi connectivity index (χ1v) is 12.7. The number of nitrogens with zero attached hydrogens (tertiary/aromatic N) is 5. The van der Waals surface area contributed by atoms with Gasteiger partial charge in [-0.15, -0.1) is 0 Å². The van der Waals surface area contributed by atoms with Gasteiger partial charge in [0.15, 0.2) is 5.82 Å². The molecule has 0 spiro atoms. The summed E-state index contributed by atoms with van der Waals surface area (Å²) in [5.41, 5.74) is 2.46. The van der Waals surface area contributed by atoms with Crippen molar-refractivity contribution in [3.8, 4) is 5.75 Å². The van der Waals surface area contributed by atoms with E-state index in [2.05, 4.69) is 51.2 Å². The Morgan fingerprint density at radius 3 is 2.56 bits per heavy atom. The second-order valence-corrected chi connectivity index (χ2v) is 10.5. The van der Waals surface area contributed by atoms with Gasteiger partial charge in [0, 0.05) is 32.0 Å². The Morgan fingerprint density at radius 1 is 1.09 bits per heavy atom. The lowest BCUT2D eigenvalue weighted by Crippen LogP contribution is -2.42. The Labute approximate surface area is 193 Å². The van der Waals surface area contributed by atoms with Gasteiger partial charge >= 0.3 is 0 Å². The third-order valence-corrected chi connectivity index (χ3v) is 8.75. The Kier molecular flexibility index (Phi) is 5.17. The minimum atomic E-state index is 0.337. The van der Waals surface area contributed by atoms with E-state index in [0.717, 1.165) is 73.8 Å². The van der Waals surface area contributed by atoms with Crippen LogP contribution in [0.2, 0.25) is 0 Å². The fourth-order valence-corrected chi connectivity index (χ4v) is 6.97. The molecule has 2 fully saturated rings. The molecule has 7 heteroatoms. The number of piperidine rings is 1. The molecule has 3 aliphatic rings. The average molecular weight is 450 g/mol. The van der Waals surface area contributed by atoms with Crippen LogP contribution in [0.25, 0.3) is 0 Å². The third kappa shape index (κ3) is 3.60. The predicted octanol–water partition coefficient (Wildman–Crippen LogP) is 4.68. The van der Waals surface area contributed by atoms with Crippen LogP contribution in [-0.4, -0.2) is 39.3 Å². The molecule has 2 unspecified atom stereocenters. The number of fused-ring (bicyclic) bond motifs is 3. The summed E-state index contributed by atoms with van der Waals surface area (Å²) in [6, 6.07) is 10.7. The van der Waals surface area contributed by atoms with Crippen molar-refractivity contribution in [2.24, 2.45) is 17.8 Å². The van der Waals surface area contributed by atoms with E-state index in [1.807, 2.05) is 0 Å². The molecule has 4 heterocycles. The van der Waals surface area contributed by atoms with Crippen molar-refractivity contribution in [1.82, 2.24) is 19.1 Å². The SMILES string of the molecule is COc1ccc(C2CCCn3nc(CC4[C@@H]5CC[C@H]4CN(c4cc(C)ns4)C5)nc32)cc1. The average Bonchev–Trinajstić information content (AvgIpc) is 3.49. The normalized spacial score (nSPS) is 26.9. The van der Waals surface area contributed by atoms with E-state index >= 15 is 0 Å². The molecule has 32 heavy (non-hydrogen) atoms. The standard InChI is InChI=1S/C25H31N5OS/c1-16-12-24(32-28-16)29-14-18-5-6-19(15-29)22(18)13-23-26-25-21(4-3-11-30(25)27-23)17-7-9-20(31-2)10-8-17/h7-10,12,18-19,21-22H,3-6,11,13-15H2,1-2H3/t18-,19+,21?,22?. The number of hydrogen-bond acceptors (Lipinski definition) is 6. The third-order valence-electron chi connectivity index (χ3n) is 7.81. The topological polar surface area (TPSA) is 56.1 Å². The van der Waals surface area contributed by atoms with Crippen LogP contribution in [0, 0.1) is 24.7 Å². The molecule has 0 radical (unpaired) electrons. The molecule has 2 bridgehead atoms. The second-order valence-electron chi connectivity index (χ2n) is 9.75. The van der Waals surface area contributed by atoms with Crippen LogP contribution in [0.3, 0.4) is 0 Å². The van der Waals surface area contributed by atoms with E-state index in [1.54, 1.807) is 18.6 Å². The molecule has 0 N–H and O–H groups in total. The van der Waals surface area contributed by atoms with Crippen molar-refractivity contribution in [3.63, 3.8) is 0 Å². The van der Waals surface area contributed by atoms with Crippen molar-refractivity contribution < 1.29 is 4.74 Å². The molecule has 6 rings (SSSR count). The molecule has 2 aromatic heterocycles. The minimum absolute atomic E-state index is 0.337. The van der Waals surface area contributed by atoms with Crippen molar-refractivity contribution in [2.75, 3.05) is 25.1 Å². The van der Waals surface area contributed by atoms with Gasteiger partial charge < -0.3 is 9.64 Å². The minimum Gasteiger partial charge on any atom is -0.497 e. The van der Waals surface area contributed by atoms with Gasteiger partial charge in [0.2, 0.25) is 0 Å². The van der Waals surface area contributed by atoms with E-state index in [0.29, 0.717) is 11.8 Å². The van der Waals surface area contributed by atoms with Gasteiger partial charge in [-0.3, -0.25) is 0 Å². The molecule has 0 amide bonds. The van der Waals surface area contributed by atoms with Gasteiger partial charge in [-0.1, -0.05) is 12.1 Å². The van der Waals surface area contributed by atoms with Crippen LogP contribution in [0.1, 0.15) is 54.5 Å². The van der Waals surface area contributed by atoms with Crippen molar-refractivity contribution >= 4 is 16.5 Å². The van der Waals surface area contributed by atoms with Crippen LogP contribution in [0.5, 0.6) is 5.75 Å². The molecular formula is C25H31N5OS. The van der Waals surface area contributed by atoms with Gasteiger partial charge in [-0.05, 0) is 85.7 Å². The highest BCUT2D eigenvalue weighted by atomic mass is 32.1. The van der Waals surface area contributed by atoms with E-state index in [1.165, 1.54) is 23.4 Å². The number of rotatable bonds is 5. The van der Waals surface area contributed by atoms with Gasteiger partial charge in [-0.25, -0.2) is 9.67 Å². The summed E-state index contributed by atoms with van der Waals surface area (Å²) in [5, 5.41) is 6.33. The summed E-state index contributed by atoms with van der Waals surface area (Å²) in [6.45, 7) is 5.40. The van der Waals surface area contributed by atoms with Crippen molar-refractivity contribution in [3.05, 3.63) is 53.2 Å². The predicted molar refractivity (Wildman–Crippen MR) is 127 cm³/mol. The summed E-state index contributed by atoms with van der Waals surface area (Å²) in [6.07, 6.45) is 6.00. The number of methoxy groups -OCH3 is 1. The highest BCUT2D eigenvalue weighted by Crippen LogP contribution is 2.45. The van der Waals surface area contributed by atoms with E-state index in [9.17, 15) is 0 Å². The zero-order chi connectivity index (χ0) is 21.7. The lowest BCUT2D eigenvalue weighted by Gasteiger charge is -2.38. The first-order valence-electron chi connectivity index (χ1n) is 11.9. The summed E-state index contributed by atoms with van der Waals surface area (Å²) >= 11 is 1.65. The smallest absolute Gasteiger partial charge is 0.151 e. The first kappa shape index (κ1) is 20.2. The molecule has 1 aliphatic carbocycles. The van der Waals surface area contributed by atoms with Crippen molar-refractivity contribution in [2.45, 2.75) is 51.5 Å². The maximum Gasteiger partial charge on any atom is 0.151 e. The fourth-order valence-electron chi connectivity index (χ4n) is 6.20. The van der Waals surface area contributed by atoms with Crippen LogP contribution >= 0.6 is 11.5 Å². The number of ether oxygens (including phenoxy) is 1. The van der Waals surface area contributed by atoms with E-state index < -0.39 is 0 Å². The molecule has 1 aromatic carbocycles. The molecule has 2 aliphatic heterocycles. The zero-order valence-electron chi connectivity index (χ0n) is 18.9. The molecule has 6 nitrogen and oxygen atoms in total. The number of aryl methyl sites for hydroxylation is 2. The lowest BCUT2D eigenvalue weighted by molar-refractivity contribution is 0.266. The molecular weight excluding hydrogens is 418 g/mol. The Hall–Kier alpha value is -2.41. The van der Waals surface area contributed by atoms with E-state index in [-0.39, 0.29) is 0 Å². The number of anilines is 1. The Bertz CT molecular complexity index is 1080. The van der Waals surface area contributed by atoms with E-state index in [4.69, 9.17) is 14.8 Å². The molecule has 1 saturated heterocycles. The number of aromatic nitrogens is 4. The lowest BCUT2D eigenvalue weighted by atomic mass is 9.82. The molecule has 4 atom stereocenters. The van der Waals surface area contributed by atoms with Gasteiger partial charge in [0.25, 0.3) is 0 Å². The summed E-state index contributed by atoms with van der Waals surface area (Å²) in [4.78, 5) is 7.70. The summed E-state index contributed by atoms with van der Waals surface area (Å²) in [7, 11) is 1.72. The molecule has 1 saturated carbocycles. The van der Waals surface area contributed by atoms with Crippen LogP contribution in [0.4, 0.5) is 5.00 Å². The maximum atomic E-state index is 5.34. The monoisotopic (exact) mass is 449 g/mol. The molecule has 3 aromatic rings. The summed E-state index contributed by atoms with van der Waals surface area (Å²) in [5.74, 6) is 5.66. The largest absolute Gasteiger partial charge is 0.497 e. The zero-order valence-corrected chi connectivity index (χ0v) is 19.7. The van der Waals surface area contributed by atoms with Gasteiger partial charge in [0.05, 0.1) is 12.8 Å². The van der Waals surface area contributed by atoms with Gasteiger partial charge in [0.1, 0.15) is 16.6 Å². The van der Waals surface area contributed by atoms with Crippen molar-refractivity contribution in [1.29, 1.82) is 0 Å². The second kappa shape index (κ2) is 8.18. The number of benzene rings is 1. The van der Waals surface area contributed by atoms with Crippen LogP contribution in [0.15, 0.2) is 30.3 Å². The molecule has 168 valence electrons. The highest BCUT2D eigenvalue weighted by molar-refractivity contribution is 7.10. The fraction of sp³-hybridized carbons (Fsp3) is 0.560. The van der Waals surface area contributed by atoms with Gasteiger partial charge in [-0.2, -0.15) is 9.47 Å². The highest BCUT2D eigenvalue weighted by Gasteiger charge is 2.43. The Morgan fingerprint density at radius 2 is 1.88 bits per heavy atom. The Balaban J connectivity index is 1.19. The number of hydrogen-bond donors (Lipinski definition) is 0.